The first-order valence-corrected chi connectivity index (χ1v) is 23.4. The van der Waals surface area contributed by atoms with Crippen LogP contribution in [0.1, 0.15) is 33.4 Å². The molecule has 3 heterocycles. The zero-order valence-electron chi connectivity index (χ0n) is 31.0. The van der Waals surface area contributed by atoms with Crippen molar-refractivity contribution in [2.75, 3.05) is 49.3 Å². The summed E-state index contributed by atoms with van der Waals surface area (Å²) in [5.41, 5.74) is 10.0. The van der Waals surface area contributed by atoms with Crippen LogP contribution in [0.4, 0.5) is 5.82 Å². The first kappa shape index (κ1) is 49.9. The van der Waals surface area contributed by atoms with E-state index < -0.39 is 90.6 Å². The average Bonchev–Trinajstić information content (AvgIpc) is 3.67. The molecule has 2 amide bonds. The number of phosphoric ester groups is 3. The number of hydrogen-bond acceptors (Lipinski definition) is 21. The molecular weight excluding hydrogens is 881 g/mol. The van der Waals surface area contributed by atoms with Gasteiger partial charge in [-0.3, -0.25) is 37.3 Å². The highest BCUT2D eigenvalue weighted by molar-refractivity contribution is 8.13. The van der Waals surface area contributed by atoms with E-state index in [0.29, 0.717) is 0 Å². The number of aliphatic hydroxyl groups excluding tert-OH is 2. The van der Waals surface area contributed by atoms with E-state index in [-0.39, 0.29) is 64.6 Å². The van der Waals surface area contributed by atoms with Crippen LogP contribution in [-0.2, 0) is 55.5 Å². The summed E-state index contributed by atoms with van der Waals surface area (Å²) in [5, 5.41) is 26.0. The fourth-order valence-electron chi connectivity index (χ4n) is 4.79. The lowest BCUT2D eigenvalue weighted by Gasteiger charge is -2.30. The Bertz CT molecular complexity index is 1920. The van der Waals surface area contributed by atoms with E-state index >= 15 is 0 Å². The van der Waals surface area contributed by atoms with Crippen LogP contribution in [0, 0.1) is 5.41 Å². The lowest BCUT2D eigenvalue weighted by molar-refractivity contribution is -0.137. The Kier molecular flexibility index (Phi) is 18.4. The van der Waals surface area contributed by atoms with Crippen molar-refractivity contribution in [2.24, 2.45) is 11.1 Å². The number of anilines is 1. The molecule has 2 aromatic heterocycles. The van der Waals surface area contributed by atoms with Crippen molar-refractivity contribution in [1.82, 2.24) is 30.2 Å². The maximum atomic E-state index is 12.7. The van der Waals surface area contributed by atoms with Crippen LogP contribution in [0.25, 0.3) is 11.2 Å². The van der Waals surface area contributed by atoms with E-state index in [0.717, 1.165) is 29.0 Å². The van der Waals surface area contributed by atoms with Crippen molar-refractivity contribution in [3.05, 3.63) is 12.7 Å². The molecular formula is C27H45N8O18P3S2. The smallest absolute Gasteiger partial charge is 0.386 e. The van der Waals surface area contributed by atoms with E-state index in [1.165, 1.54) is 32.5 Å². The third-order valence-corrected chi connectivity index (χ3v) is 13.0. The predicted octanol–water partition coefficient (Wildman–Crippen LogP) is -1.69. The number of ether oxygens (including phenoxy) is 1. The van der Waals surface area contributed by atoms with Gasteiger partial charge in [0.15, 0.2) is 17.7 Å². The minimum absolute atomic E-state index is 0.0225. The summed E-state index contributed by atoms with van der Waals surface area (Å²) in [7, 11) is -16.4. The number of imidazole rings is 1. The number of Topliss-reactive ketones (excluding diaryl/α,β-unsaturated/α-hetero) is 1. The molecule has 31 heteroatoms. The molecule has 1 aliphatic rings. The average molecular weight is 927 g/mol. The number of rotatable bonds is 24. The maximum Gasteiger partial charge on any atom is 0.481 e. The summed E-state index contributed by atoms with van der Waals surface area (Å²) < 4.78 is 62.1. The second-order valence-electron chi connectivity index (χ2n) is 13.1. The number of nitrogens with two attached hydrogens (primary N) is 2. The van der Waals surface area contributed by atoms with Crippen LogP contribution in [0.2, 0.25) is 0 Å². The summed E-state index contributed by atoms with van der Waals surface area (Å²) in [6.45, 7) is 1.71. The van der Waals surface area contributed by atoms with Crippen molar-refractivity contribution in [1.29, 1.82) is 0 Å². The summed E-state index contributed by atoms with van der Waals surface area (Å²) in [5.74, 6) is -0.850. The SMILES string of the molecule is CC(=O)CSCC(N)C(=O)SCCNC(=O)CCNC(=O)C(O)C(C)(C)COP(=O)(O)OP(=O)(O)OCC1OC(n2cnc3c(N)ncnc32)C(O)C1OP(=O)(O)O. The second-order valence-corrected chi connectivity index (χ2v) is 19.4. The number of phosphoric acid groups is 3. The zero-order chi connectivity index (χ0) is 43.6. The number of aliphatic hydroxyl groups is 2. The van der Waals surface area contributed by atoms with Gasteiger partial charge in [0.1, 0.15) is 42.0 Å². The quantitative estimate of drug-likeness (QED) is 0.0415. The molecule has 0 spiro atoms. The summed E-state index contributed by atoms with van der Waals surface area (Å²) in [6, 6.07) is -0.776. The minimum atomic E-state index is -5.59. The molecule has 0 bridgehead atoms. The van der Waals surface area contributed by atoms with Crippen molar-refractivity contribution in [3.63, 3.8) is 0 Å². The third-order valence-electron chi connectivity index (χ3n) is 7.65. The first-order chi connectivity index (χ1) is 26.8. The van der Waals surface area contributed by atoms with Gasteiger partial charge in [0.2, 0.25) is 16.9 Å². The zero-order valence-corrected chi connectivity index (χ0v) is 35.3. The molecule has 12 N–H and O–H groups in total. The van der Waals surface area contributed by atoms with Crippen molar-refractivity contribution >= 4 is 86.7 Å². The van der Waals surface area contributed by atoms with Crippen LogP contribution in [0.5, 0.6) is 0 Å². The molecule has 328 valence electrons. The monoisotopic (exact) mass is 926 g/mol. The van der Waals surface area contributed by atoms with Gasteiger partial charge in [0.25, 0.3) is 0 Å². The fraction of sp³-hybridized carbons (Fsp3) is 0.667. The lowest BCUT2D eigenvalue weighted by atomic mass is 9.87. The van der Waals surface area contributed by atoms with Crippen molar-refractivity contribution in [3.8, 4) is 0 Å². The number of nitrogens with zero attached hydrogens (tertiary/aromatic N) is 4. The number of carbonyl (C=O) groups is 4. The van der Waals surface area contributed by atoms with E-state index in [1.807, 2.05) is 0 Å². The van der Waals surface area contributed by atoms with E-state index in [1.54, 1.807) is 0 Å². The van der Waals surface area contributed by atoms with Crippen LogP contribution < -0.4 is 22.1 Å². The molecule has 1 aliphatic heterocycles. The Balaban J connectivity index is 1.46. The van der Waals surface area contributed by atoms with Crippen LogP contribution in [0.15, 0.2) is 12.7 Å². The molecule has 58 heavy (non-hydrogen) atoms. The van der Waals surface area contributed by atoms with Crippen LogP contribution >= 0.6 is 47.0 Å². The topological polar surface area (TPSA) is 407 Å². The highest BCUT2D eigenvalue weighted by Crippen LogP contribution is 2.61. The summed E-state index contributed by atoms with van der Waals surface area (Å²) in [6.07, 6.45) is -7.05. The number of aromatic nitrogens is 4. The number of amides is 2. The molecule has 8 atom stereocenters. The fourth-order valence-corrected chi connectivity index (χ4v) is 9.23. The van der Waals surface area contributed by atoms with E-state index in [9.17, 15) is 62.7 Å². The number of thioether (sulfide) groups is 2. The van der Waals surface area contributed by atoms with Crippen molar-refractivity contribution in [2.45, 2.75) is 63.9 Å². The number of nitrogen functional groups attached to an aromatic ring is 1. The number of ketones is 1. The van der Waals surface area contributed by atoms with Gasteiger partial charge in [0.05, 0.1) is 31.3 Å². The van der Waals surface area contributed by atoms with Gasteiger partial charge < -0.3 is 56.6 Å². The molecule has 0 saturated carbocycles. The number of carbonyl (C=O) groups excluding carboxylic acids is 4. The molecule has 3 rings (SSSR count). The molecule has 26 nitrogen and oxygen atoms in total. The number of hydrogen-bond donors (Lipinski definition) is 10. The van der Waals surface area contributed by atoms with E-state index in [4.69, 9.17) is 25.3 Å². The summed E-state index contributed by atoms with van der Waals surface area (Å²) >= 11 is 2.15. The molecule has 0 aliphatic carbocycles. The molecule has 1 fully saturated rings. The standard InChI is InChI=1S/C27H45N8O18P3S2/c1-14(36)9-57-10-15(28)26(41)58-7-6-30-17(37)4-5-31-24(40)21(39)27(2,3)11-50-56(47,48)53-55(45,46)49-8-16-20(52-54(42,43)44)19(38)25(51-16)35-13-34-18-22(29)32-12-33-23(18)35/h12-13,15-16,19-21,25,38-39H,4-11,28H2,1-3H3,(H,30,37)(H,31,40)(H,45,46)(H,47,48)(H2,29,32,33)(H2,42,43,44). The third kappa shape index (κ3) is 15.5. The molecule has 0 radical (unpaired) electrons. The molecule has 0 aromatic carbocycles. The maximum absolute atomic E-state index is 12.7. The Morgan fingerprint density at radius 2 is 1.72 bits per heavy atom. The highest BCUT2D eigenvalue weighted by atomic mass is 32.2. The molecule has 2 aromatic rings. The van der Waals surface area contributed by atoms with Gasteiger partial charge in [-0.1, -0.05) is 25.6 Å². The van der Waals surface area contributed by atoms with E-state index in [2.05, 4.69) is 34.4 Å². The number of fused-ring (bicyclic) bond motifs is 1. The van der Waals surface area contributed by atoms with Gasteiger partial charge in [-0.25, -0.2) is 28.6 Å². The Labute approximate surface area is 338 Å². The van der Waals surface area contributed by atoms with Gasteiger partial charge in [-0.15, -0.1) is 0 Å². The minimum Gasteiger partial charge on any atom is -0.386 e. The first-order valence-electron chi connectivity index (χ1n) is 16.7. The van der Waals surface area contributed by atoms with Crippen LogP contribution in [0.3, 0.4) is 0 Å². The Hall–Kier alpha value is -2.46. The molecule has 1 saturated heterocycles. The van der Waals surface area contributed by atoms with Crippen LogP contribution in [-0.4, -0.2) is 146 Å². The number of nitrogens with one attached hydrogen (secondary N) is 2. The van der Waals surface area contributed by atoms with Gasteiger partial charge in [0, 0.05) is 36.4 Å². The largest absolute Gasteiger partial charge is 0.481 e. The predicted molar refractivity (Wildman–Crippen MR) is 203 cm³/mol. The van der Waals surface area contributed by atoms with Gasteiger partial charge >= 0.3 is 23.5 Å². The van der Waals surface area contributed by atoms with Crippen molar-refractivity contribution < 1.29 is 85.3 Å². The van der Waals surface area contributed by atoms with Gasteiger partial charge in [-0.05, 0) is 6.92 Å². The highest BCUT2D eigenvalue weighted by Gasteiger charge is 2.50. The lowest BCUT2D eigenvalue weighted by Crippen LogP contribution is -2.46. The second kappa shape index (κ2) is 21.4. The Morgan fingerprint density at radius 3 is 2.38 bits per heavy atom. The Morgan fingerprint density at radius 1 is 1.05 bits per heavy atom. The summed E-state index contributed by atoms with van der Waals surface area (Å²) in [4.78, 5) is 98.7. The molecule has 8 unspecified atom stereocenters. The van der Waals surface area contributed by atoms with Gasteiger partial charge in [-0.2, -0.15) is 16.1 Å². The normalized spacial score (nSPS) is 21.8.